The topological polar surface area (TPSA) is 75.4 Å². The molecule has 0 aliphatic rings. The molecule has 6 heteroatoms. The molecule has 1 amide bonds. The molecule has 0 aromatic carbocycles. The van der Waals surface area contributed by atoms with Crippen LogP contribution in [0, 0.1) is 13.8 Å². The van der Waals surface area contributed by atoms with E-state index in [0.29, 0.717) is 11.3 Å². The maximum absolute atomic E-state index is 12.3. The second-order valence-electron chi connectivity index (χ2n) is 4.04. The smallest absolute Gasteiger partial charge is 0.323 e. The molecule has 1 heterocycles. The van der Waals surface area contributed by atoms with Crippen LogP contribution < -0.4 is 0 Å². The Hall–Kier alpha value is -2.11. The third kappa shape index (κ3) is 2.77. The highest BCUT2D eigenvalue weighted by atomic mass is 16.4. The van der Waals surface area contributed by atoms with E-state index in [4.69, 9.17) is 5.11 Å². The summed E-state index contributed by atoms with van der Waals surface area (Å²) in [5.41, 5.74) is 1.78. The van der Waals surface area contributed by atoms with Crippen molar-refractivity contribution in [3.05, 3.63) is 29.6 Å². The Bertz CT molecular complexity index is 491. The minimum Gasteiger partial charge on any atom is -0.480 e. The highest BCUT2D eigenvalue weighted by molar-refractivity contribution is 5.97. The number of amides is 1. The first-order valence-electron chi connectivity index (χ1n) is 5.50. The zero-order valence-corrected chi connectivity index (χ0v) is 10.8. The highest BCUT2D eigenvalue weighted by Crippen LogP contribution is 2.14. The number of carboxylic acid groups (broad SMARTS) is 1. The van der Waals surface area contributed by atoms with Gasteiger partial charge in [0.15, 0.2) is 0 Å². The van der Waals surface area contributed by atoms with Gasteiger partial charge in [-0.2, -0.15) is 5.10 Å². The van der Waals surface area contributed by atoms with Crippen LogP contribution in [-0.2, 0) is 11.8 Å². The fourth-order valence-electron chi connectivity index (χ4n) is 1.78. The van der Waals surface area contributed by atoms with Gasteiger partial charge in [0.25, 0.3) is 5.91 Å². The molecule has 0 bridgehead atoms. The number of hydrogen-bond donors (Lipinski definition) is 1. The van der Waals surface area contributed by atoms with E-state index in [1.807, 2.05) is 0 Å². The predicted molar refractivity (Wildman–Crippen MR) is 66.4 cm³/mol. The first-order valence-corrected chi connectivity index (χ1v) is 5.50. The molecule has 0 saturated carbocycles. The summed E-state index contributed by atoms with van der Waals surface area (Å²) >= 11 is 0. The lowest BCUT2D eigenvalue weighted by Crippen LogP contribution is -2.36. The van der Waals surface area contributed by atoms with Crippen LogP contribution in [0.4, 0.5) is 0 Å². The van der Waals surface area contributed by atoms with Crippen molar-refractivity contribution in [3.8, 4) is 0 Å². The first kappa shape index (κ1) is 14.0. The van der Waals surface area contributed by atoms with E-state index in [-0.39, 0.29) is 19.0 Å². The predicted octanol–water partition coefficient (Wildman–Crippen LogP) is 0.750. The molecule has 0 fully saturated rings. The van der Waals surface area contributed by atoms with Gasteiger partial charge in [0.1, 0.15) is 6.54 Å². The fraction of sp³-hybridized carbons (Fsp3) is 0.417. The molecule has 0 spiro atoms. The van der Waals surface area contributed by atoms with Crippen LogP contribution in [-0.4, -0.2) is 44.8 Å². The van der Waals surface area contributed by atoms with E-state index in [2.05, 4.69) is 11.7 Å². The largest absolute Gasteiger partial charge is 0.480 e. The number of aromatic nitrogens is 2. The Kier molecular flexibility index (Phi) is 4.25. The fourth-order valence-corrected chi connectivity index (χ4v) is 1.78. The SMILES string of the molecule is C=CCN(CC(=O)O)C(=O)c1c(C)nn(C)c1C. The number of hydrogen-bond acceptors (Lipinski definition) is 3. The van der Waals surface area contributed by atoms with Gasteiger partial charge in [0.2, 0.25) is 0 Å². The van der Waals surface area contributed by atoms with Gasteiger partial charge in [0.05, 0.1) is 11.3 Å². The molecule has 0 radical (unpaired) electrons. The van der Waals surface area contributed by atoms with E-state index in [1.165, 1.54) is 11.0 Å². The molecule has 98 valence electrons. The van der Waals surface area contributed by atoms with Gasteiger partial charge in [-0.25, -0.2) is 0 Å². The molecule has 6 nitrogen and oxygen atoms in total. The summed E-state index contributed by atoms with van der Waals surface area (Å²) in [4.78, 5) is 24.3. The van der Waals surface area contributed by atoms with E-state index in [0.717, 1.165) is 5.69 Å². The van der Waals surface area contributed by atoms with Crippen LogP contribution in [0.2, 0.25) is 0 Å². The van der Waals surface area contributed by atoms with Crippen molar-refractivity contribution in [2.24, 2.45) is 7.05 Å². The van der Waals surface area contributed by atoms with Crippen LogP contribution in [0.3, 0.4) is 0 Å². The van der Waals surface area contributed by atoms with Crippen LogP contribution in [0.25, 0.3) is 0 Å². The monoisotopic (exact) mass is 251 g/mol. The van der Waals surface area contributed by atoms with Crippen molar-refractivity contribution in [1.82, 2.24) is 14.7 Å². The number of aliphatic carboxylic acids is 1. The molecule has 0 saturated heterocycles. The average molecular weight is 251 g/mol. The van der Waals surface area contributed by atoms with Gasteiger partial charge < -0.3 is 10.0 Å². The van der Waals surface area contributed by atoms with Gasteiger partial charge in [-0.1, -0.05) is 6.08 Å². The lowest BCUT2D eigenvalue weighted by molar-refractivity contribution is -0.137. The van der Waals surface area contributed by atoms with Crippen molar-refractivity contribution in [2.75, 3.05) is 13.1 Å². The van der Waals surface area contributed by atoms with Crippen LogP contribution >= 0.6 is 0 Å². The summed E-state index contributed by atoms with van der Waals surface area (Å²) in [5.74, 6) is -1.38. The minimum absolute atomic E-state index is 0.193. The van der Waals surface area contributed by atoms with E-state index in [1.54, 1.807) is 25.6 Å². The molecule has 18 heavy (non-hydrogen) atoms. The van der Waals surface area contributed by atoms with Crippen molar-refractivity contribution in [2.45, 2.75) is 13.8 Å². The Morgan fingerprint density at radius 2 is 2.11 bits per heavy atom. The number of carbonyl (C=O) groups excluding carboxylic acids is 1. The number of nitrogens with zero attached hydrogens (tertiary/aromatic N) is 3. The summed E-state index contributed by atoms with van der Waals surface area (Å²) < 4.78 is 1.61. The molecule has 0 aliphatic carbocycles. The van der Waals surface area contributed by atoms with Crippen molar-refractivity contribution in [1.29, 1.82) is 0 Å². The lowest BCUT2D eigenvalue weighted by atomic mass is 10.1. The highest BCUT2D eigenvalue weighted by Gasteiger charge is 2.23. The molecule has 1 aromatic rings. The normalized spacial score (nSPS) is 10.2. The minimum atomic E-state index is -1.05. The van der Waals surface area contributed by atoms with E-state index in [9.17, 15) is 9.59 Å². The Balaban J connectivity index is 3.08. The van der Waals surface area contributed by atoms with E-state index < -0.39 is 5.97 Å². The molecule has 1 aromatic heterocycles. The van der Waals surface area contributed by atoms with Crippen molar-refractivity contribution >= 4 is 11.9 Å². The van der Waals surface area contributed by atoms with Gasteiger partial charge >= 0.3 is 5.97 Å². The zero-order chi connectivity index (χ0) is 13.9. The average Bonchev–Trinajstić information content (AvgIpc) is 2.51. The number of carboxylic acids is 1. The summed E-state index contributed by atoms with van der Waals surface area (Å²) in [6, 6.07) is 0. The molecule has 1 N–H and O–H groups in total. The molecular formula is C12H17N3O3. The van der Waals surface area contributed by atoms with Gasteiger partial charge in [0, 0.05) is 19.3 Å². The van der Waals surface area contributed by atoms with E-state index >= 15 is 0 Å². The molecule has 1 rings (SSSR count). The number of aryl methyl sites for hydroxylation is 2. The lowest BCUT2D eigenvalue weighted by Gasteiger charge is -2.18. The van der Waals surface area contributed by atoms with Crippen molar-refractivity contribution in [3.63, 3.8) is 0 Å². The third-order valence-electron chi connectivity index (χ3n) is 2.69. The van der Waals surface area contributed by atoms with Gasteiger partial charge in [-0.05, 0) is 13.8 Å². The second kappa shape index (κ2) is 5.48. The Labute approximate surface area is 106 Å². The molecule has 0 aliphatic heterocycles. The third-order valence-corrected chi connectivity index (χ3v) is 2.69. The zero-order valence-electron chi connectivity index (χ0n) is 10.8. The Morgan fingerprint density at radius 1 is 1.50 bits per heavy atom. The summed E-state index contributed by atoms with van der Waals surface area (Å²) in [6.45, 7) is 6.88. The summed E-state index contributed by atoms with van der Waals surface area (Å²) in [5, 5.41) is 13.0. The van der Waals surface area contributed by atoms with Gasteiger partial charge in [-0.15, -0.1) is 6.58 Å². The Morgan fingerprint density at radius 3 is 2.50 bits per heavy atom. The maximum atomic E-state index is 12.3. The number of rotatable bonds is 5. The summed E-state index contributed by atoms with van der Waals surface area (Å²) in [7, 11) is 1.74. The summed E-state index contributed by atoms with van der Waals surface area (Å²) in [6.07, 6.45) is 1.50. The van der Waals surface area contributed by atoms with Crippen LogP contribution in [0.5, 0.6) is 0 Å². The van der Waals surface area contributed by atoms with Crippen LogP contribution in [0.1, 0.15) is 21.7 Å². The van der Waals surface area contributed by atoms with Crippen LogP contribution in [0.15, 0.2) is 12.7 Å². The second-order valence-corrected chi connectivity index (χ2v) is 4.04. The first-order chi connectivity index (χ1) is 8.38. The standard InChI is InChI=1S/C12H17N3O3/c1-5-6-15(7-10(16)17)12(18)11-8(2)13-14(4)9(11)3/h5H,1,6-7H2,2-4H3,(H,16,17). The quantitative estimate of drug-likeness (QED) is 0.783. The van der Waals surface area contributed by atoms with Crippen molar-refractivity contribution < 1.29 is 14.7 Å². The number of carbonyl (C=O) groups is 2. The molecular weight excluding hydrogens is 234 g/mol. The molecule has 0 unspecified atom stereocenters. The maximum Gasteiger partial charge on any atom is 0.323 e. The van der Waals surface area contributed by atoms with Gasteiger partial charge in [-0.3, -0.25) is 14.3 Å². The molecule has 0 atom stereocenters.